The lowest BCUT2D eigenvalue weighted by Gasteiger charge is -2.39. The van der Waals surface area contributed by atoms with Crippen LogP contribution in [-0.4, -0.2) is 53.7 Å². The molecule has 43 heavy (non-hydrogen) atoms. The van der Waals surface area contributed by atoms with Crippen LogP contribution in [0.15, 0.2) is 60.9 Å². The maximum Gasteiger partial charge on any atom is 0.308 e. The highest BCUT2D eigenvalue weighted by molar-refractivity contribution is 6.74. The smallest absolute Gasteiger partial charge is 0.308 e. The fourth-order valence-electron chi connectivity index (χ4n) is 4.34. The summed E-state index contributed by atoms with van der Waals surface area (Å²) in [7, 11) is -0.942. The van der Waals surface area contributed by atoms with E-state index in [1.54, 1.807) is 24.5 Å². The van der Waals surface area contributed by atoms with Crippen LogP contribution in [0, 0.1) is 0 Å². The minimum atomic E-state index is -2.27. The molecule has 0 bridgehead atoms. The standard InChI is InChI=1S/C33H44N4O5Si/c1-23(2)37-28(17-16-26(38)19-27(20-29(39)41-6)42-43(7,8)33(3,4)5)30(25-15-12-18-34-22-25)36-31(37)32(40)35-21-24-13-10-9-11-14-24/h9-18,22-23,27H,19-21H2,1-8H3,(H,35,40)/b17-16+. The van der Waals surface area contributed by atoms with Gasteiger partial charge in [-0.25, -0.2) is 4.98 Å². The molecule has 0 aliphatic carbocycles. The molecule has 2 aromatic heterocycles. The van der Waals surface area contributed by atoms with Crippen molar-refractivity contribution in [3.8, 4) is 11.3 Å². The third kappa shape index (κ3) is 9.05. The van der Waals surface area contributed by atoms with Gasteiger partial charge in [0, 0.05) is 37.0 Å². The van der Waals surface area contributed by atoms with Gasteiger partial charge in [-0.1, -0.05) is 51.1 Å². The van der Waals surface area contributed by atoms with E-state index in [2.05, 4.69) is 44.2 Å². The van der Waals surface area contributed by atoms with Gasteiger partial charge in [-0.05, 0) is 61.8 Å². The largest absolute Gasteiger partial charge is 0.469 e. The summed E-state index contributed by atoms with van der Waals surface area (Å²) in [5, 5.41) is 2.87. The molecule has 10 heteroatoms. The first-order valence-electron chi connectivity index (χ1n) is 14.5. The molecule has 0 fully saturated rings. The minimum absolute atomic E-state index is 0.0145. The van der Waals surface area contributed by atoms with E-state index >= 15 is 0 Å². The predicted molar refractivity (Wildman–Crippen MR) is 171 cm³/mol. The lowest BCUT2D eigenvalue weighted by Crippen LogP contribution is -2.44. The van der Waals surface area contributed by atoms with Crippen molar-refractivity contribution in [1.82, 2.24) is 19.9 Å². The molecule has 2 heterocycles. The van der Waals surface area contributed by atoms with E-state index in [1.807, 2.05) is 54.8 Å². The second-order valence-corrected chi connectivity index (χ2v) is 17.1. The van der Waals surface area contributed by atoms with E-state index in [4.69, 9.17) is 14.1 Å². The number of benzene rings is 1. The van der Waals surface area contributed by atoms with Crippen molar-refractivity contribution >= 4 is 32.1 Å². The van der Waals surface area contributed by atoms with Crippen molar-refractivity contribution in [2.75, 3.05) is 7.11 Å². The van der Waals surface area contributed by atoms with Crippen molar-refractivity contribution in [1.29, 1.82) is 0 Å². The topological polar surface area (TPSA) is 112 Å². The molecule has 3 aromatic rings. The van der Waals surface area contributed by atoms with Crippen molar-refractivity contribution < 1.29 is 23.5 Å². The first kappa shape index (κ1) is 33.6. The zero-order valence-corrected chi connectivity index (χ0v) is 27.5. The molecule has 0 saturated heterocycles. The van der Waals surface area contributed by atoms with Crippen LogP contribution < -0.4 is 5.32 Å². The second kappa shape index (κ2) is 14.5. The number of nitrogens with zero attached hydrogens (tertiary/aromatic N) is 3. The van der Waals surface area contributed by atoms with E-state index in [0.29, 0.717) is 17.9 Å². The number of carbonyl (C=O) groups is 3. The summed E-state index contributed by atoms with van der Waals surface area (Å²) < 4.78 is 13.2. The first-order valence-corrected chi connectivity index (χ1v) is 17.4. The van der Waals surface area contributed by atoms with Crippen LogP contribution in [0.5, 0.6) is 0 Å². The molecule has 0 saturated carbocycles. The molecule has 0 radical (unpaired) electrons. The second-order valence-electron chi connectivity index (χ2n) is 12.3. The van der Waals surface area contributed by atoms with Crippen molar-refractivity contribution in [2.45, 2.75) is 84.3 Å². The Balaban J connectivity index is 1.95. The van der Waals surface area contributed by atoms with Gasteiger partial charge in [0.05, 0.1) is 31.0 Å². The first-order chi connectivity index (χ1) is 20.2. The molecule has 1 amide bonds. The number of imidazole rings is 1. The van der Waals surface area contributed by atoms with Gasteiger partial charge in [0.2, 0.25) is 0 Å². The van der Waals surface area contributed by atoms with E-state index in [9.17, 15) is 14.4 Å². The molecule has 0 aliphatic rings. The fraction of sp³-hybridized carbons (Fsp3) is 0.424. The zero-order chi connectivity index (χ0) is 31.8. The number of rotatable bonds is 13. The summed E-state index contributed by atoms with van der Waals surface area (Å²) in [4.78, 5) is 47.9. The van der Waals surface area contributed by atoms with E-state index in [-0.39, 0.29) is 41.4 Å². The Hall–Kier alpha value is -3.89. The molecule has 1 N–H and O–H groups in total. The zero-order valence-electron chi connectivity index (χ0n) is 26.5. The molecule has 1 unspecified atom stereocenters. The van der Waals surface area contributed by atoms with Gasteiger partial charge < -0.3 is 19.0 Å². The number of hydrogen-bond donors (Lipinski definition) is 1. The number of ketones is 1. The lowest BCUT2D eigenvalue weighted by molar-refractivity contribution is -0.142. The molecule has 0 spiro atoms. The Morgan fingerprint density at radius 3 is 2.33 bits per heavy atom. The quantitative estimate of drug-likeness (QED) is 0.137. The molecule has 230 valence electrons. The maximum atomic E-state index is 13.4. The van der Waals surface area contributed by atoms with Crippen LogP contribution in [0.4, 0.5) is 0 Å². The van der Waals surface area contributed by atoms with Crippen LogP contribution in [-0.2, 0) is 25.3 Å². The minimum Gasteiger partial charge on any atom is -0.469 e. The average Bonchev–Trinajstić information content (AvgIpc) is 3.35. The Bertz CT molecular complexity index is 1430. The maximum absolute atomic E-state index is 13.4. The molecule has 1 atom stereocenters. The summed E-state index contributed by atoms with van der Waals surface area (Å²) in [6, 6.07) is 13.2. The normalized spacial score (nSPS) is 12.9. The number of methoxy groups -OCH3 is 1. The van der Waals surface area contributed by atoms with E-state index in [1.165, 1.54) is 13.2 Å². The van der Waals surface area contributed by atoms with Crippen LogP contribution in [0.3, 0.4) is 0 Å². The van der Waals surface area contributed by atoms with Gasteiger partial charge >= 0.3 is 5.97 Å². The molecule has 0 aliphatic heterocycles. The fourth-order valence-corrected chi connectivity index (χ4v) is 5.70. The number of pyridine rings is 1. The van der Waals surface area contributed by atoms with Crippen molar-refractivity contribution in [3.05, 3.63) is 78.0 Å². The SMILES string of the molecule is COC(=O)CC(CC(=O)/C=C/c1c(-c2cccnc2)nc(C(=O)NCc2ccccc2)n1C(C)C)O[Si](C)(C)C(C)(C)C. The van der Waals surface area contributed by atoms with Gasteiger partial charge in [0.15, 0.2) is 19.9 Å². The number of amides is 1. The lowest BCUT2D eigenvalue weighted by atomic mass is 10.1. The monoisotopic (exact) mass is 604 g/mol. The average molecular weight is 605 g/mol. The Morgan fingerprint density at radius 1 is 1.05 bits per heavy atom. The van der Waals surface area contributed by atoms with Crippen molar-refractivity contribution in [2.24, 2.45) is 0 Å². The highest BCUT2D eigenvalue weighted by Crippen LogP contribution is 2.38. The number of allylic oxidation sites excluding steroid dienone is 1. The number of esters is 1. The van der Waals surface area contributed by atoms with Crippen LogP contribution in [0.25, 0.3) is 17.3 Å². The van der Waals surface area contributed by atoms with Gasteiger partial charge in [0.25, 0.3) is 5.91 Å². The van der Waals surface area contributed by atoms with Gasteiger partial charge in [0.1, 0.15) is 0 Å². The summed E-state index contributed by atoms with van der Waals surface area (Å²) in [5.74, 6) is -0.726. The highest BCUT2D eigenvalue weighted by atomic mass is 28.4. The van der Waals surface area contributed by atoms with E-state index in [0.717, 1.165) is 11.1 Å². The number of carbonyl (C=O) groups excluding carboxylic acids is 3. The van der Waals surface area contributed by atoms with Crippen molar-refractivity contribution in [3.63, 3.8) is 0 Å². The van der Waals surface area contributed by atoms with Gasteiger partial charge in [-0.15, -0.1) is 0 Å². The summed E-state index contributed by atoms with van der Waals surface area (Å²) >= 11 is 0. The summed E-state index contributed by atoms with van der Waals surface area (Å²) in [6.45, 7) is 14.8. The Morgan fingerprint density at radius 2 is 1.74 bits per heavy atom. The number of nitrogens with one attached hydrogen (secondary N) is 1. The molecule has 1 aromatic carbocycles. The Kier molecular flexibility index (Phi) is 11.4. The molecular weight excluding hydrogens is 560 g/mol. The number of hydrogen-bond acceptors (Lipinski definition) is 7. The third-order valence-electron chi connectivity index (χ3n) is 7.64. The number of ether oxygens (including phenoxy) is 1. The van der Waals surface area contributed by atoms with Crippen LogP contribution in [0.1, 0.15) is 75.4 Å². The van der Waals surface area contributed by atoms with Crippen LogP contribution in [0.2, 0.25) is 18.1 Å². The summed E-state index contributed by atoms with van der Waals surface area (Å²) in [5.41, 5.74) is 2.84. The Labute approximate surface area is 255 Å². The number of aromatic nitrogens is 3. The van der Waals surface area contributed by atoms with Gasteiger partial charge in [-0.2, -0.15) is 0 Å². The van der Waals surface area contributed by atoms with Gasteiger partial charge in [-0.3, -0.25) is 19.4 Å². The third-order valence-corrected chi connectivity index (χ3v) is 12.2. The summed E-state index contributed by atoms with van der Waals surface area (Å²) in [6.07, 6.45) is 5.89. The molecular formula is C33H44N4O5Si. The highest BCUT2D eigenvalue weighted by Gasteiger charge is 2.40. The predicted octanol–water partition coefficient (Wildman–Crippen LogP) is 6.38. The van der Waals surface area contributed by atoms with E-state index < -0.39 is 20.4 Å². The molecule has 3 rings (SSSR count). The van der Waals surface area contributed by atoms with Crippen LogP contribution >= 0.6 is 0 Å². The molecule has 9 nitrogen and oxygen atoms in total.